The largest absolute Gasteiger partial charge is 0.514 e. The van der Waals surface area contributed by atoms with E-state index in [1.807, 2.05) is 0 Å². The van der Waals surface area contributed by atoms with Crippen LogP contribution in [0.5, 0.6) is 17.2 Å². The van der Waals surface area contributed by atoms with Crippen LogP contribution in [0.3, 0.4) is 0 Å². The number of phenols is 2. The molecule has 4 aliphatic rings. The summed E-state index contributed by atoms with van der Waals surface area (Å²) in [7, 11) is 0. The minimum Gasteiger partial charge on any atom is -0.504 e. The number of carbonyl (C=O) groups is 4. The Morgan fingerprint density at radius 3 is 2.51 bits per heavy atom. The normalized spacial score (nSPS) is 33.0. The standard InChI is InChI=1S/C33H37F2NO13/c1-31-15-27(40)33(35)21(14-23(34)22-13-18(37)7-8-32(22,33)2)19(31)5-6-20(31)25(39)16-47-30(43)49-26-12-17(11-24(38)28(26)41)29(42)46-9-3-4-10-48-36(44)45/h7-8,11-13,19-21,23,27,38,40-41H,3-6,9-10,14-16H2,1-2H3/t19?,20?,21?,23-,27?,31?,32?,33-/m0/s1. The van der Waals surface area contributed by atoms with E-state index in [4.69, 9.17) is 14.2 Å². The van der Waals surface area contributed by atoms with Gasteiger partial charge in [-0.15, -0.1) is 10.1 Å². The van der Waals surface area contributed by atoms with Crippen LogP contribution in [0.25, 0.3) is 0 Å². The number of unbranched alkanes of at least 4 members (excludes halogenated alkanes) is 1. The fourth-order valence-corrected chi connectivity index (χ4v) is 8.46. The first-order valence-electron chi connectivity index (χ1n) is 15.9. The number of allylic oxidation sites excluding steroid dienone is 4. The van der Waals surface area contributed by atoms with Crippen molar-refractivity contribution >= 4 is 23.7 Å². The molecule has 0 spiro atoms. The van der Waals surface area contributed by atoms with Gasteiger partial charge in [-0.2, -0.15) is 0 Å². The van der Waals surface area contributed by atoms with Gasteiger partial charge in [-0.1, -0.05) is 13.0 Å². The maximum absolute atomic E-state index is 17.2. The minimum absolute atomic E-state index is 0.00123. The zero-order valence-electron chi connectivity index (χ0n) is 26.8. The van der Waals surface area contributed by atoms with E-state index in [-0.39, 0.29) is 56.5 Å². The molecule has 1 aromatic carbocycles. The third-order valence-electron chi connectivity index (χ3n) is 10.8. The molecule has 1 aromatic rings. The number of ether oxygens (including phenoxy) is 3. The maximum Gasteiger partial charge on any atom is 0.514 e. The molecule has 0 amide bonds. The molecular weight excluding hydrogens is 656 g/mol. The highest BCUT2D eigenvalue weighted by atomic mass is 19.1. The minimum atomic E-state index is -2.29. The van der Waals surface area contributed by atoms with Gasteiger partial charge in [0, 0.05) is 17.3 Å². The number of carbonyl (C=O) groups excluding carboxylic acids is 4. The van der Waals surface area contributed by atoms with Crippen molar-refractivity contribution in [1.82, 2.24) is 0 Å². The molecule has 6 unspecified atom stereocenters. The molecule has 0 saturated heterocycles. The van der Waals surface area contributed by atoms with Crippen LogP contribution >= 0.6 is 0 Å². The Hall–Kier alpha value is -4.60. The van der Waals surface area contributed by atoms with Gasteiger partial charge in [0.2, 0.25) is 5.75 Å². The summed E-state index contributed by atoms with van der Waals surface area (Å²) in [6.45, 7) is 2.08. The van der Waals surface area contributed by atoms with Crippen LogP contribution in [0.4, 0.5) is 13.6 Å². The van der Waals surface area contributed by atoms with Crippen LogP contribution in [0.1, 0.15) is 62.7 Å². The van der Waals surface area contributed by atoms with E-state index in [2.05, 4.69) is 4.84 Å². The SMILES string of the molecule is CC12CC(O)[C@@]3(F)C(C[C@H](F)C4=CC(=O)C=CC43C)C1CCC2C(=O)COC(=O)Oc1cc(C(=O)OCCCCO[N+](=O)[O-])cc(O)c1O. The number of ketones is 2. The zero-order valence-corrected chi connectivity index (χ0v) is 26.8. The quantitative estimate of drug-likeness (QED) is 0.0740. The molecule has 5 rings (SSSR count). The second kappa shape index (κ2) is 13.4. The summed E-state index contributed by atoms with van der Waals surface area (Å²) >= 11 is 0. The van der Waals surface area contributed by atoms with E-state index in [0.29, 0.717) is 6.42 Å². The van der Waals surface area contributed by atoms with Gasteiger partial charge in [0.15, 0.2) is 35.3 Å². The van der Waals surface area contributed by atoms with Gasteiger partial charge in [0.05, 0.1) is 24.9 Å². The Kier molecular flexibility index (Phi) is 9.74. The molecule has 4 aliphatic carbocycles. The highest BCUT2D eigenvalue weighted by Gasteiger charge is 2.72. The second-order valence-corrected chi connectivity index (χ2v) is 13.4. The molecule has 3 N–H and O–H groups in total. The zero-order chi connectivity index (χ0) is 35.9. The van der Waals surface area contributed by atoms with Crippen LogP contribution in [0.15, 0.2) is 35.9 Å². The van der Waals surface area contributed by atoms with Gasteiger partial charge < -0.3 is 34.4 Å². The monoisotopic (exact) mass is 693 g/mol. The van der Waals surface area contributed by atoms with Crippen LogP contribution in [0.2, 0.25) is 0 Å². The van der Waals surface area contributed by atoms with E-state index in [1.54, 1.807) is 6.92 Å². The summed E-state index contributed by atoms with van der Waals surface area (Å²) in [5.74, 6) is -6.62. The van der Waals surface area contributed by atoms with Crippen molar-refractivity contribution in [3.63, 3.8) is 0 Å². The van der Waals surface area contributed by atoms with Crippen LogP contribution < -0.4 is 4.74 Å². The Morgan fingerprint density at radius 1 is 1.08 bits per heavy atom. The van der Waals surface area contributed by atoms with Gasteiger partial charge in [0.1, 0.15) is 6.17 Å². The fourth-order valence-electron chi connectivity index (χ4n) is 8.46. The average Bonchev–Trinajstić information content (AvgIpc) is 3.38. The maximum atomic E-state index is 17.2. The fraction of sp³-hybridized carbons (Fsp3) is 0.576. The number of aliphatic hydroxyl groups is 1. The van der Waals surface area contributed by atoms with Gasteiger partial charge >= 0.3 is 12.1 Å². The topological polar surface area (TPSA) is 209 Å². The van der Waals surface area contributed by atoms with Crippen molar-refractivity contribution in [3.8, 4) is 17.2 Å². The Morgan fingerprint density at radius 2 is 1.80 bits per heavy atom. The third kappa shape index (κ3) is 6.33. The Balaban J connectivity index is 1.21. The van der Waals surface area contributed by atoms with Crippen molar-refractivity contribution in [2.75, 3.05) is 19.8 Å². The summed E-state index contributed by atoms with van der Waals surface area (Å²) in [5, 5.41) is 40.8. The summed E-state index contributed by atoms with van der Waals surface area (Å²) in [4.78, 5) is 64.7. The van der Waals surface area contributed by atoms with E-state index in [9.17, 15) is 44.6 Å². The summed E-state index contributed by atoms with van der Waals surface area (Å²) in [6, 6.07) is 1.75. The first-order valence-corrected chi connectivity index (χ1v) is 15.9. The Bertz CT molecular complexity index is 1610. The van der Waals surface area contributed by atoms with Crippen molar-refractivity contribution in [2.24, 2.45) is 28.6 Å². The van der Waals surface area contributed by atoms with Crippen molar-refractivity contribution in [2.45, 2.75) is 70.3 Å². The number of aromatic hydroxyl groups is 2. The van der Waals surface area contributed by atoms with Crippen molar-refractivity contribution in [1.29, 1.82) is 0 Å². The molecule has 16 heteroatoms. The number of halogens is 2. The first kappa shape index (κ1) is 35.7. The summed E-state index contributed by atoms with van der Waals surface area (Å²) < 4.78 is 47.7. The van der Waals surface area contributed by atoms with Crippen LogP contribution in [-0.2, 0) is 23.9 Å². The lowest BCUT2D eigenvalue weighted by Crippen LogP contribution is -2.68. The first-order chi connectivity index (χ1) is 23.0. The summed E-state index contributed by atoms with van der Waals surface area (Å²) in [6.07, 6.45) is -0.373. The molecule has 0 heterocycles. The molecule has 3 fully saturated rings. The number of hydrogen-bond donors (Lipinski definition) is 3. The number of alkyl halides is 2. The number of rotatable bonds is 11. The highest BCUT2D eigenvalue weighted by Crippen LogP contribution is 2.69. The van der Waals surface area contributed by atoms with E-state index in [1.165, 1.54) is 19.1 Å². The number of hydrogen-bond acceptors (Lipinski definition) is 13. The lowest BCUT2D eigenvalue weighted by atomic mass is 9.45. The van der Waals surface area contributed by atoms with Crippen molar-refractivity contribution < 1.29 is 67.4 Å². The molecule has 0 bridgehead atoms. The van der Waals surface area contributed by atoms with Crippen molar-refractivity contribution in [3.05, 3.63) is 51.6 Å². The molecule has 266 valence electrons. The molecular formula is C33H37F2NO13. The summed E-state index contributed by atoms with van der Waals surface area (Å²) in [5.41, 5.74) is -5.12. The molecule has 3 saturated carbocycles. The number of Topliss-reactive ketones (excluding diaryl/α,β-unsaturated/α-hetero) is 1. The van der Waals surface area contributed by atoms with Crippen LogP contribution in [0, 0.1) is 38.7 Å². The van der Waals surface area contributed by atoms with Gasteiger partial charge in [-0.3, -0.25) is 9.59 Å². The van der Waals surface area contributed by atoms with Crippen LogP contribution in [-0.4, -0.2) is 81.9 Å². The van der Waals surface area contributed by atoms with Gasteiger partial charge in [0.25, 0.3) is 5.09 Å². The number of benzene rings is 1. The van der Waals surface area contributed by atoms with Gasteiger partial charge in [-0.05, 0) is 86.6 Å². The number of aliphatic hydroxyl groups excluding tert-OH is 1. The lowest BCUT2D eigenvalue weighted by Gasteiger charge is -2.62. The molecule has 49 heavy (non-hydrogen) atoms. The number of esters is 1. The molecule has 0 aromatic heterocycles. The predicted molar refractivity (Wildman–Crippen MR) is 161 cm³/mol. The molecule has 0 radical (unpaired) electrons. The molecule has 8 atom stereocenters. The lowest BCUT2D eigenvalue weighted by molar-refractivity contribution is -0.757. The average molecular weight is 694 g/mol. The predicted octanol–water partition coefficient (Wildman–Crippen LogP) is 4.26. The molecule has 14 nitrogen and oxygen atoms in total. The number of fused-ring (bicyclic) bond motifs is 5. The Labute approximate surface area is 278 Å². The number of phenolic OH excluding ortho intramolecular Hbond substituents is 2. The molecule has 0 aliphatic heterocycles. The van der Waals surface area contributed by atoms with E-state index in [0.717, 1.165) is 18.2 Å². The highest BCUT2D eigenvalue weighted by molar-refractivity contribution is 6.01. The van der Waals surface area contributed by atoms with Gasteiger partial charge in [-0.25, -0.2) is 18.4 Å². The third-order valence-corrected chi connectivity index (χ3v) is 10.8. The van der Waals surface area contributed by atoms with E-state index < -0.39 is 99.2 Å². The second-order valence-electron chi connectivity index (χ2n) is 13.4. The number of nitrogens with zero attached hydrogens (tertiary/aromatic N) is 1. The smallest absolute Gasteiger partial charge is 0.504 e. The van der Waals surface area contributed by atoms with E-state index >= 15 is 8.78 Å².